The Morgan fingerprint density at radius 2 is 1.09 bits per heavy atom. The zero-order chi connectivity index (χ0) is 33.1. The molecule has 0 atom stereocenters. The molecule has 0 radical (unpaired) electrons. The average molecular weight is 663 g/mol. The number of rotatable bonds is 12. The third-order valence-electron chi connectivity index (χ3n) is 5.78. The van der Waals surface area contributed by atoms with Crippen molar-refractivity contribution < 1.29 is 37.5 Å². The monoisotopic (exact) mass is 662 g/mol. The quantitative estimate of drug-likeness (QED) is 0.0632. The van der Waals surface area contributed by atoms with Crippen LogP contribution in [0.5, 0.6) is 0 Å². The summed E-state index contributed by atoms with van der Waals surface area (Å²) in [5, 5.41) is 7.83. The van der Waals surface area contributed by atoms with Crippen molar-refractivity contribution in [1.29, 1.82) is 0 Å². The van der Waals surface area contributed by atoms with Crippen LogP contribution in [0.25, 0.3) is 22.6 Å². The molecular weight excluding hydrogens is 639 g/mol. The van der Waals surface area contributed by atoms with E-state index >= 15 is 0 Å². The van der Waals surface area contributed by atoms with E-state index < -0.39 is 23.8 Å². The van der Waals surface area contributed by atoms with Crippen molar-refractivity contribution in [2.45, 2.75) is 0 Å². The topological polar surface area (TPSA) is 162 Å². The van der Waals surface area contributed by atoms with Gasteiger partial charge in [0.05, 0.1) is 33.6 Å². The summed E-state index contributed by atoms with van der Waals surface area (Å²) in [5.74, 6) is -2.16. The Balaban J connectivity index is 1.30. The van der Waals surface area contributed by atoms with Crippen molar-refractivity contribution in [2.24, 2.45) is 10.2 Å². The zero-order valence-corrected chi connectivity index (χ0v) is 25.3. The van der Waals surface area contributed by atoms with E-state index in [1.165, 1.54) is 48.8 Å². The SMILES string of the molecule is C=CCOC(=O)c1cc(-c2ccc(/C=N/NC(=O)C(=O)N/N=C/c3ccc(-c4ccc(Cl)c(C(=O)OCC=C)c4)o3)o2)ccc1Cl. The molecule has 0 unspecified atom stereocenters. The molecule has 0 spiro atoms. The maximum atomic E-state index is 12.2. The number of furan rings is 2. The molecule has 2 heterocycles. The minimum absolute atomic E-state index is 0.0342. The second-order valence-corrected chi connectivity index (χ2v) is 9.78. The molecule has 12 nitrogen and oxygen atoms in total. The average Bonchev–Trinajstić information content (AvgIpc) is 3.73. The number of benzene rings is 2. The number of nitrogens with zero attached hydrogens (tertiary/aromatic N) is 2. The van der Waals surface area contributed by atoms with Crippen molar-refractivity contribution >= 4 is 59.4 Å². The number of hydrogen-bond donors (Lipinski definition) is 2. The van der Waals surface area contributed by atoms with Gasteiger partial charge in [0.15, 0.2) is 0 Å². The molecule has 2 aromatic carbocycles. The molecule has 0 saturated heterocycles. The molecular formula is C32H24Cl2N4O8. The van der Waals surface area contributed by atoms with Gasteiger partial charge in [0, 0.05) is 11.1 Å². The van der Waals surface area contributed by atoms with Gasteiger partial charge in [0.1, 0.15) is 36.3 Å². The molecule has 2 aromatic heterocycles. The Morgan fingerprint density at radius 1 is 0.674 bits per heavy atom. The van der Waals surface area contributed by atoms with Gasteiger partial charge in [0.2, 0.25) is 0 Å². The lowest BCUT2D eigenvalue weighted by Crippen LogP contribution is -2.35. The van der Waals surface area contributed by atoms with E-state index in [4.69, 9.17) is 41.5 Å². The van der Waals surface area contributed by atoms with E-state index in [0.717, 1.165) is 0 Å². The molecule has 0 aliphatic rings. The van der Waals surface area contributed by atoms with E-state index in [1.807, 2.05) is 0 Å². The Hall–Kier alpha value is -5.72. The summed E-state index contributed by atoms with van der Waals surface area (Å²) < 4.78 is 21.4. The maximum Gasteiger partial charge on any atom is 0.339 e. The molecule has 0 aliphatic carbocycles. The second kappa shape index (κ2) is 15.8. The minimum atomic E-state index is -1.10. The van der Waals surface area contributed by atoms with Crippen LogP contribution in [0.2, 0.25) is 10.0 Å². The van der Waals surface area contributed by atoms with Gasteiger partial charge in [-0.2, -0.15) is 10.2 Å². The van der Waals surface area contributed by atoms with Crippen LogP contribution in [-0.2, 0) is 19.1 Å². The number of carbonyl (C=O) groups is 4. The summed E-state index contributed by atoms with van der Waals surface area (Å²) in [6, 6.07) is 15.8. The lowest BCUT2D eigenvalue weighted by atomic mass is 10.1. The van der Waals surface area contributed by atoms with Crippen LogP contribution in [0.15, 0.2) is 105 Å². The van der Waals surface area contributed by atoms with Crippen LogP contribution < -0.4 is 10.9 Å². The first-order valence-corrected chi connectivity index (χ1v) is 14.0. The van der Waals surface area contributed by atoms with E-state index in [-0.39, 0.29) is 45.9 Å². The number of ether oxygens (including phenoxy) is 2. The van der Waals surface area contributed by atoms with Crippen molar-refractivity contribution in [3.05, 3.63) is 119 Å². The van der Waals surface area contributed by atoms with Crippen LogP contribution in [0.3, 0.4) is 0 Å². The molecule has 234 valence electrons. The normalized spacial score (nSPS) is 10.9. The van der Waals surface area contributed by atoms with Gasteiger partial charge in [0.25, 0.3) is 0 Å². The van der Waals surface area contributed by atoms with Crippen molar-refractivity contribution in [2.75, 3.05) is 13.2 Å². The molecule has 4 rings (SSSR count). The van der Waals surface area contributed by atoms with Crippen LogP contribution in [0.4, 0.5) is 0 Å². The summed E-state index contributed by atoms with van der Waals surface area (Å²) in [6.07, 6.45) is 5.24. The van der Waals surface area contributed by atoms with E-state index in [2.05, 4.69) is 34.2 Å². The van der Waals surface area contributed by atoms with Crippen molar-refractivity contribution in [3.8, 4) is 22.6 Å². The number of halogens is 2. The van der Waals surface area contributed by atoms with Gasteiger partial charge < -0.3 is 18.3 Å². The summed E-state index contributed by atoms with van der Waals surface area (Å²) in [4.78, 5) is 48.6. The lowest BCUT2D eigenvalue weighted by molar-refractivity contribution is -0.139. The maximum absolute atomic E-state index is 12.2. The second-order valence-electron chi connectivity index (χ2n) is 8.97. The third-order valence-corrected chi connectivity index (χ3v) is 6.44. The highest BCUT2D eigenvalue weighted by molar-refractivity contribution is 6.35. The summed E-state index contributed by atoms with van der Waals surface area (Å²) in [7, 11) is 0. The fraction of sp³-hybridized carbons (Fsp3) is 0.0625. The molecule has 0 saturated carbocycles. The fourth-order valence-electron chi connectivity index (χ4n) is 3.66. The van der Waals surface area contributed by atoms with Crippen LogP contribution in [0.1, 0.15) is 32.2 Å². The molecule has 2 amide bonds. The molecule has 0 bridgehead atoms. The van der Waals surface area contributed by atoms with Crippen LogP contribution >= 0.6 is 23.2 Å². The highest BCUT2D eigenvalue weighted by Gasteiger charge is 2.16. The Morgan fingerprint density at radius 3 is 1.48 bits per heavy atom. The Bertz CT molecular complexity index is 1720. The standard InChI is InChI=1S/C32H24Cl2N4O8/c1-3-13-43-31(41)23-15-19(5-9-25(23)33)27-11-7-21(45-27)17-35-37-29(39)30(40)38-36-18-22-8-12-28(46-22)20-6-10-26(34)24(16-20)32(42)44-14-4-2/h3-12,15-18H,1-2,13-14H2,(H,37,39)(H,38,40)/b35-17+,36-18+. The number of hydrazone groups is 2. The number of hydrogen-bond acceptors (Lipinski definition) is 10. The van der Waals surface area contributed by atoms with Crippen molar-refractivity contribution in [1.82, 2.24) is 10.9 Å². The van der Waals surface area contributed by atoms with Crippen LogP contribution in [-0.4, -0.2) is 49.4 Å². The third kappa shape index (κ3) is 8.68. The summed E-state index contributed by atoms with van der Waals surface area (Å²) in [5.41, 5.74) is 5.51. The predicted molar refractivity (Wildman–Crippen MR) is 171 cm³/mol. The van der Waals surface area contributed by atoms with Gasteiger partial charge in [-0.15, -0.1) is 0 Å². The molecule has 14 heteroatoms. The van der Waals surface area contributed by atoms with E-state index in [0.29, 0.717) is 22.6 Å². The highest BCUT2D eigenvalue weighted by Crippen LogP contribution is 2.28. The van der Waals surface area contributed by atoms with Gasteiger partial charge in [-0.05, 0) is 60.7 Å². The largest absolute Gasteiger partial charge is 0.458 e. The first-order valence-electron chi connectivity index (χ1n) is 13.2. The Kier molecular flexibility index (Phi) is 11.4. The Labute approximate surface area is 272 Å². The predicted octanol–water partition coefficient (Wildman–Crippen LogP) is 5.80. The number of carbonyl (C=O) groups excluding carboxylic acids is 4. The number of nitrogens with one attached hydrogen (secondary N) is 2. The minimum Gasteiger partial charge on any atom is -0.458 e. The van der Waals surface area contributed by atoms with Gasteiger partial charge in [-0.25, -0.2) is 20.4 Å². The summed E-state index contributed by atoms with van der Waals surface area (Å²) in [6.45, 7) is 7.07. The molecule has 4 aromatic rings. The highest BCUT2D eigenvalue weighted by atomic mass is 35.5. The van der Waals surface area contributed by atoms with E-state index in [9.17, 15) is 19.2 Å². The lowest BCUT2D eigenvalue weighted by Gasteiger charge is -2.06. The van der Waals surface area contributed by atoms with Crippen molar-refractivity contribution in [3.63, 3.8) is 0 Å². The fourth-order valence-corrected chi connectivity index (χ4v) is 4.05. The first-order chi connectivity index (χ1) is 22.2. The van der Waals surface area contributed by atoms with Gasteiger partial charge in [-0.3, -0.25) is 9.59 Å². The first kappa shape index (κ1) is 33.2. The molecule has 0 fully saturated rings. The smallest absolute Gasteiger partial charge is 0.339 e. The zero-order valence-electron chi connectivity index (χ0n) is 23.8. The van der Waals surface area contributed by atoms with E-state index in [1.54, 1.807) is 36.4 Å². The van der Waals surface area contributed by atoms with Crippen LogP contribution in [0, 0.1) is 0 Å². The number of esters is 2. The summed E-state index contributed by atoms with van der Waals surface area (Å²) >= 11 is 12.2. The molecule has 0 aliphatic heterocycles. The molecule has 46 heavy (non-hydrogen) atoms. The van der Waals surface area contributed by atoms with Gasteiger partial charge in [-0.1, -0.05) is 48.5 Å². The molecule has 2 N–H and O–H groups in total. The van der Waals surface area contributed by atoms with Gasteiger partial charge >= 0.3 is 23.8 Å². The number of amides is 2.